The van der Waals surface area contributed by atoms with Gasteiger partial charge < -0.3 is 11.1 Å². The van der Waals surface area contributed by atoms with E-state index in [4.69, 9.17) is 5.73 Å². The minimum Gasteiger partial charge on any atom is -0.399 e. The van der Waals surface area contributed by atoms with Crippen molar-refractivity contribution < 1.29 is 9.18 Å². The van der Waals surface area contributed by atoms with E-state index < -0.39 is 11.7 Å². The van der Waals surface area contributed by atoms with Crippen LogP contribution in [0.4, 0.5) is 10.1 Å². The third-order valence-electron chi connectivity index (χ3n) is 2.63. The first-order valence-corrected chi connectivity index (χ1v) is 6.40. The van der Waals surface area contributed by atoms with Crippen LogP contribution in [0.2, 0.25) is 0 Å². The number of halogens is 1. The number of rotatable bonds is 3. The highest BCUT2D eigenvalue weighted by Crippen LogP contribution is 2.17. The lowest BCUT2D eigenvalue weighted by Gasteiger charge is -2.13. The van der Waals surface area contributed by atoms with Crippen molar-refractivity contribution in [3.8, 4) is 0 Å². The molecule has 18 heavy (non-hydrogen) atoms. The number of nitrogens with one attached hydrogen (secondary N) is 1. The fourth-order valence-corrected chi connectivity index (χ4v) is 2.35. The highest BCUT2D eigenvalue weighted by atomic mass is 32.1. The molecular formula is C13H13FN2OS. The average molecular weight is 264 g/mol. The van der Waals surface area contributed by atoms with Crippen LogP contribution in [0, 0.1) is 5.82 Å². The minimum absolute atomic E-state index is 0.0305. The van der Waals surface area contributed by atoms with E-state index in [9.17, 15) is 9.18 Å². The Balaban J connectivity index is 2.15. The summed E-state index contributed by atoms with van der Waals surface area (Å²) in [6.45, 7) is 1.85. The predicted octanol–water partition coefficient (Wildman–Crippen LogP) is 2.96. The van der Waals surface area contributed by atoms with Crippen LogP contribution in [0.25, 0.3) is 0 Å². The van der Waals surface area contributed by atoms with Crippen molar-refractivity contribution in [1.82, 2.24) is 5.32 Å². The van der Waals surface area contributed by atoms with Crippen LogP contribution in [0.1, 0.15) is 28.9 Å². The number of carbonyl (C=O) groups is 1. The van der Waals surface area contributed by atoms with E-state index >= 15 is 0 Å². The summed E-state index contributed by atoms with van der Waals surface area (Å²) >= 11 is 1.55. The van der Waals surface area contributed by atoms with Crippen LogP contribution < -0.4 is 11.1 Å². The van der Waals surface area contributed by atoms with Crippen LogP contribution >= 0.6 is 11.3 Å². The fraction of sp³-hybridized carbons (Fsp3) is 0.154. The molecule has 1 unspecified atom stereocenters. The maximum absolute atomic E-state index is 13.5. The summed E-state index contributed by atoms with van der Waals surface area (Å²) in [5.41, 5.74) is 6.88. The third kappa shape index (κ3) is 2.68. The zero-order valence-corrected chi connectivity index (χ0v) is 10.6. The monoisotopic (exact) mass is 264 g/mol. The quantitative estimate of drug-likeness (QED) is 0.837. The highest BCUT2D eigenvalue weighted by Gasteiger charge is 2.15. The van der Waals surface area contributed by atoms with Crippen molar-refractivity contribution >= 4 is 22.9 Å². The number of nitrogens with two attached hydrogens (primary N) is 1. The second-order valence-corrected chi connectivity index (χ2v) is 4.77. The highest BCUT2D eigenvalue weighted by molar-refractivity contribution is 7.07. The van der Waals surface area contributed by atoms with Gasteiger partial charge in [0, 0.05) is 5.69 Å². The Morgan fingerprint density at radius 1 is 1.44 bits per heavy atom. The van der Waals surface area contributed by atoms with E-state index in [0.29, 0.717) is 5.69 Å². The summed E-state index contributed by atoms with van der Waals surface area (Å²) in [4.78, 5) is 11.9. The minimum atomic E-state index is -0.570. The molecule has 3 nitrogen and oxygen atoms in total. The smallest absolute Gasteiger partial charge is 0.254 e. The number of amides is 1. The molecule has 0 spiro atoms. The van der Waals surface area contributed by atoms with E-state index in [0.717, 1.165) is 5.56 Å². The first-order chi connectivity index (χ1) is 8.58. The molecule has 1 atom stereocenters. The second-order valence-electron chi connectivity index (χ2n) is 3.99. The Hall–Kier alpha value is -1.88. The first kappa shape index (κ1) is 12.6. The number of carbonyl (C=O) groups excluding carboxylic acids is 1. The van der Waals surface area contributed by atoms with Gasteiger partial charge in [0.2, 0.25) is 0 Å². The van der Waals surface area contributed by atoms with Gasteiger partial charge in [-0.15, -0.1) is 0 Å². The van der Waals surface area contributed by atoms with Gasteiger partial charge in [0.1, 0.15) is 5.82 Å². The molecule has 3 N–H and O–H groups in total. The summed E-state index contributed by atoms with van der Waals surface area (Å²) < 4.78 is 13.5. The number of nitrogen functional groups attached to an aromatic ring is 1. The summed E-state index contributed by atoms with van der Waals surface area (Å²) in [6, 6.07) is 5.72. The zero-order valence-electron chi connectivity index (χ0n) is 9.81. The summed E-state index contributed by atoms with van der Waals surface area (Å²) in [7, 11) is 0. The molecule has 0 saturated carbocycles. The van der Waals surface area contributed by atoms with E-state index in [1.807, 2.05) is 23.8 Å². The Morgan fingerprint density at radius 3 is 2.89 bits per heavy atom. The van der Waals surface area contributed by atoms with Gasteiger partial charge >= 0.3 is 0 Å². The molecular weight excluding hydrogens is 251 g/mol. The second kappa shape index (κ2) is 5.18. The van der Waals surface area contributed by atoms with E-state index in [1.54, 1.807) is 11.3 Å². The fourth-order valence-electron chi connectivity index (χ4n) is 1.60. The molecule has 2 rings (SSSR count). The van der Waals surface area contributed by atoms with Crippen LogP contribution in [0.15, 0.2) is 35.0 Å². The first-order valence-electron chi connectivity index (χ1n) is 5.46. The Morgan fingerprint density at radius 2 is 2.22 bits per heavy atom. The number of hydrogen-bond donors (Lipinski definition) is 2. The van der Waals surface area contributed by atoms with Crippen molar-refractivity contribution in [2.75, 3.05) is 5.73 Å². The molecule has 2 aromatic rings. The molecule has 0 aliphatic carbocycles. The maximum atomic E-state index is 13.5. The Labute approximate surface area is 108 Å². The molecule has 5 heteroatoms. The molecule has 0 saturated heterocycles. The van der Waals surface area contributed by atoms with Crippen molar-refractivity contribution in [2.24, 2.45) is 0 Å². The van der Waals surface area contributed by atoms with Crippen LogP contribution in [0.3, 0.4) is 0 Å². The van der Waals surface area contributed by atoms with Crippen molar-refractivity contribution in [1.29, 1.82) is 0 Å². The summed E-state index contributed by atoms with van der Waals surface area (Å²) in [5, 5.41) is 6.61. The molecule has 0 aliphatic rings. The Kier molecular flexibility index (Phi) is 3.62. The van der Waals surface area contributed by atoms with E-state index in [-0.39, 0.29) is 11.6 Å². The van der Waals surface area contributed by atoms with Crippen molar-refractivity contribution in [3.05, 3.63) is 52.0 Å². The summed E-state index contributed by atoms with van der Waals surface area (Å²) in [6.07, 6.45) is 0. The van der Waals surface area contributed by atoms with Gasteiger partial charge in [-0.2, -0.15) is 11.3 Å². The molecule has 0 aliphatic heterocycles. The van der Waals surface area contributed by atoms with Gasteiger partial charge in [-0.25, -0.2) is 4.39 Å². The van der Waals surface area contributed by atoms with Crippen LogP contribution in [0.5, 0.6) is 0 Å². The number of anilines is 1. The van der Waals surface area contributed by atoms with Gasteiger partial charge in [0.05, 0.1) is 11.6 Å². The molecule has 94 valence electrons. The van der Waals surface area contributed by atoms with Gasteiger partial charge in [-0.3, -0.25) is 4.79 Å². The standard InChI is InChI=1S/C13H13FN2OS/c1-8(9-4-5-18-7-9)16-13(17)11-6-10(15)2-3-12(11)14/h2-8H,15H2,1H3,(H,16,17). The zero-order chi connectivity index (χ0) is 13.1. The third-order valence-corrected chi connectivity index (χ3v) is 3.33. The van der Waals surface area contributed by atoms with E-state index in [1.165, 1.54) is 18.2 Å². The van der Waals surface area contributed by atoms with Gasteiger partial charge in [0.15, 0.2) is 0 Å². The predicted molar refractivity (Wildman–Crippen MR) is 71.0 cm³/mol. The number of thiophene rings is 1. The van der Waals surface area contributed by atoms with Gasteiger partial charge in [0.25, 0.3) is 5.91 Å². The lowest BCUT2D eigenvalue weighted by atomic mass is 10.1. The average Bonchev–Trinajstić information content (AvgIpc) is 2.85. The number of hydrogen-bond acceptors (Lipinski definition) is 3. The molecule has 0 radical (unpaired) electrons. The SMILES string of the molecule is CC(NC(=O)c1cc(N)ccc1F)c1ccsc1. The lowest BCUT2D eigenvalue weighted by molar-refractivity contribution is 0.0936. The number of benzene rings is 1. The van der Waals surface area contributed by atoms with Crippen molar-refractivity contribution in [2.45, 2.75) is 13.0 Å². The van der Waals surface area contributed by atoms with E-state index in [2.05, 4.69) is 5.32 Å². The maximum Gasteiger partial charge on any atom is 0.254 e. The van der Waals surface area contributed by atoms with Gasteiger partial charge in [-0.05, 0) is 47.5 Å². The molecule has 1 aromatic carbocycles. The normalized spacial score (nSPS) is 12.1. The molecule has 1 aromatic heterocycles. The van der Waals surface area contributed by atoms with Crippen molar-refractivity contribution in [3.63, 3.8) is 0 Å². The van der Waals surface area contributed by atoms with Crippen LogP contribution in [-0.4, -0.2) is 5.91 Å². The Bertz CT molecular complexity index is 554. The molecule has 0 bridgehead atoms. The largest absolute Gasteiger partial charge is 0.399 e. The van der Waals surface area contributed by atoms with Gasteiger partial charge in [-0.1, -0.05) is 0 Å². The molecule has 1 amide bonds. The lowest BCUT2D eigenvalue weighted by Crippen LogP contribution is -2.27. The molecule has 0 fully saturated rings. The topological polar surface area (TPSA) is 55.1 Å². The summed E-state index contributed by atoms with van der Waals surface area (Å²) in [5.74, 6) is -1.03. The molecule has 1 heterocycles. The van der Waals surface area contributed by atoms with Crippen LogP contribution in [-0.2, 0) is 0 Å².